The Morgan fingerprint density at radius 1 is 1.20 bits per heavy atom. The van der Waals surface area contributed by atoms with E-state index in [1.807, 2.05) is 7.05 Å². The molecule has 0 bridgehead atoms. The quantitative estimate of drug-likeness (QED) is 0.799. The maximum absolute atomic E-state index is 3.20. The molecule has 0 heterocycles. The third-order valence-corrected chi connectivity index (χ3v) is 2.86. The molecule has 1 aromatic rings. The van der Waals surface area contributed by atoms with E-state index in [2.05, 4.69) is 51.2 Å². The zero-order valence-corrected chi connectivity index (χ0v) is 10.6. The van der Waals surface area contributed by atoms with Crippen molar-refractivity contribution in [3.05, 3.63) is 34.9 Å². The van der Waals surface area contributed by atoms with Gasteiger partial charge in [-0.3, -0.25) is 0 Å². The van der Waals surface area contributed by atoms with Crippen LogP contribution in [0.15, 0.2) is 18.2 Å². The van der Waals surface area contributed by atoms with E-state index in [0.717, 1.165) is 13.0 Å². The number of benzene rings is 1. The van der Waals surface area contributed by atoms with Gasteiger partial charge in [-0.05, 0) is 49.0 Å². The maximum Gasteiger partial charge on any atom is -0.00113 e. The first kappa shape index (κ1) is 12.3. The van der Waals surface area contributed by atoms with E-state index >= 15 is 0 Å². The van der Waals surface area contributed by atoms with Gasteiger partial charge >= 0.3 is 0 Å². The van der Waals surface area contributed by atoms with Crippen LogP contribution in [0.4, 0.5) is 0 Å². The van der Waals surface area contributed by atoms with Gasteiger partial charge in [-0.2, -0.15) is 0 Å². The highest BCUT2D eigenvalue weighted by molar-refractivity contribution is 5.34. The number of hydrogen-bond acceptors (Lipinski definition) is 1. The van der Waals surface area contributed by atoms with Crippen molar-refractivity contribution in [1.82, 2.24) is 5.32 Å². The molecule has 0 amide bonds. The maximum atomic E-state index is 3.20. The summed E-state index contributed by atoms with van der Waals surface area (Å²) in [5, 5.41) is 3.20. The molecule has 1 nitrogen and oxygen atoms in total. The van der Waals surface area contributed by atoms with Crippen LogP contribution in [0.5, 0.6) is 0 Å². The lowest BCUT2D eigenvalue weighted by Gasteiger charge is -2.20. The Morgan fingerprint density at radius 3 is 2.40 bits per heavy atom. The average Bonchev–Trinajstić information content (AvgIpc) is 2.15. The van der Waals surface area contributed by atoms with Crippen molar-refractivity contribution in [2.75, 3.05) is 13.6 Å². The van der Waals surface area contributed by atoms with Crippen molar-refractivity contribution in [3.8, 4) is 0 Å². The summed E-state index contributed by atoms with van der Waals surface area (Å²) in [6.45, 7) is 10.0. The van der Waals surface area contributed by atoms with Gasteiger partial charge in [-0.1, -0.05) is 39.0 Å². The molecule has 0 saturated heterocycles. The first-order valence-electron chi connectivity index (χ1n) is 5.70. The van der Waals surface area contributed by atoms with Crippen LogP contribution in [0.25, 0.3) is 0 Å². The van der Waals surface area contributed by atoms with Crippen LogP contribution in [0.3, 0.4) is 0 Å². The smallest absolute Gasteiger partial charge is 0.00113 e. The molecule has 84 valence electrons. The lowest BCUT2D eigenvalue weighted by Crippen LogP contribution is -2.14. The summed E-state index contributed by atoms with van der Waals surface area (Å²) in [7, 11) is 2.00. The van der Waals surface area contributed by atoms with Crippen molar-refractivity contribution >= 4 is 0 Å². The summed E-state index contributed by atoms with van der Waals surface area (Å²) in [6.07, 6.45) is 1.12. The minimum Gasteiger partial charge on any atom is -0.319 e. The number of rotatable bonds is 3. The summed E-state index contributed by atoms with van der Waals surface area (Å²) < 4.78 is 0. The fourth-order valence-electron chi connectivity index (χ4n) is 1.67. The van der Waals surface area contributed by atoms with Crippen LogP contribution in [0.1, 0.15) is 37.5 Å². The molecular weight excluding hydrogens is 182 g/mol. The van der Waals surface area contributed by atoms with Crippen LogP contribution in [0.2, 0.25) is 0 Å². The van der Waals surface area contributed by atoms with Crippen molar-refractivity contribution in [1.29, 1.82) is 0 Å². The molecule has 0 aromatic heterocycles. The summed E-state index contributed by atoms with van der Waals surface area (Å²) in [6, 6.07) is 6.84. The summed E-state index contributed by atoms with van der Waals surface area (Å²) in [4.78, 5) is 0. The summed E-state index contributed by atoms with van der Waals surface area (Å²) in [5.74, 6) is 0. The zero-order chi connectivity index (χ0) is 11.5. The molecule has 1 heteroatoms. The molecule has 0 radical (unpaired) electrons. The molecule has 0 fully saturated rings. The normalized spacial score (nSPS) is 11.8. The van der Waals surface area contributed by atoms with Crippen molar-refractivity contribution < 1.29 is 0 Å². The predicted octanol–water partition coefficient (Wildman–Crippen LogP) is 3.05. The van der Waals surface area contributed by atoms with Crippen molar-refractivity contribution in [2.24, 2.45) is 0 Å². The predicted molar refractivity (Wildman–Crippen MR) is 67.5 cm³/mol. The van der Waals surface area contributed by atoms with E-state index in [1.165, 1.54) is 16.7 Å². The highest BCUT2D eigenvalue weighted by Gasteiger charge is 2.14. The monoisotopic (exact) mass is 205 g/mol. The minimum absolute atomic E-state index is 0.252. The molecule has 0 aliphatic rings. The molecule has 1 rings (SSSR count). The van der Waals surface area contributed by atoms with E-state index in [0.29, 0.717) is 0 Å². The highest BCUT2D eigenvalue weighted by atomic mass is 14.8. The van der Waals surface area contributed by atoms with Crippen LogP contribution < -0.4 is 5.32 Å². The van der Waals surface area contributed by atoms with E-state index in [4.69, 9.17) is 0 Å². The number of nitrogens with one attached hydrogen (secondary N) is 1. The molecule has 0 spiro atoms. The van der Waals surface area contributed by atoms with Gasteiger partial charge in [-0.25, -0.2) is 0 Å². The molecule has 0 saturated carbocycles. The minimum atomic E-state index is 0.252. The average molecular weight is 205 g/mol. The Balaban J connectivity index is 2.95. The molecule has 1 aromatic carbocycles. The number of likely N-dealkylation sites (N-methyl/N-ethyl adjacent to an activating group) is 1. The number of aryl methyl sites for hydroxylation is 1. The Kier molecular flexibility index (Phi) is 3.92. The van der Waals surface area contributed by atoms with E-state index in [1.54, 1.807) is 0 Å². The van der Waals surface area contributed by atoms with Gasteiger partial charge in [0.2, 0.25) is 0 Å². The molecule has 1 N–H and O–H groups in total. The molecule has 0 aliphatic heterocycles. The second kappa shape index (κ2) is 4.80. The molecular formula is C14H23N. The van der Waals surface area contributed by atoms with Gasteiger partial charge in [0.05, 0.1) is 0 Å². The molecule has 15 heavy (non-hydrogen) atoms. The van der Waals surface area contributed by atoms with Crippen LogP contribution in [-0.4, -0.2) is 13.6 Å². The van der Waals surface area contributed by atoms with Gasteiger partial charge in [-0.15, -0.1) is 0 Å². The van der Waals surface area contributed by atoms with Gasteiger partial charge < -0.3 is 5.32 Å². The van der Waals surface area contributed by atoms with E-state index in [9.17, 15) is 0 Å². The second-order valence-corrected chi connectivity index (χ2v) is 5.24. The lowest BCUT2D eigenvalue weighted by molar-refractivity contribution is 0.588. The first-order valence-corrected chi connectivity index (χ1v) is 5.70. The van der Waals surface area contributed by atoms with Gasteiger partial charge in [0.1, 0.15) is 0 Å². The summed E-state index contributed by atoms with van der Waals surface area (Å²) in [5.41, 5.74) is 4.55. The van der Waals surface area contributed by atoms with E-state index < -0.39 is 0 Å². The van der Waals surface area contributed by atoms with Gasteiger partial charge in [0.25, 0.3) is 0 Å². The van der Waals surface area contributed by atoms with Gasteiger partial charge in [0.15, 0.2) is 0 Å². The second-order valence-electron chi connectivity index (χ2n) is 5.24. The Labute approximate surface area is 93.9 Å². The Bertz CT molecular complexity index is 321. The molecule has 0 aliphatic carbocycles. The topological polar surface area (TPSA) is 12.0 Å². The van der Waals surface area contributed by atoms with Crippen molar-refractivity contribution in [3.63, 3.8) is 0 Å². The molecule has 0 unspecified atom stereocenters. The van der Waals surface area contributed by atoms with E-state index in [-0.39, 0.29) is 5.41 Å². The van der Waals surface area contributed by atoms with Crippen molar-refractivity contribution in [2.45, 2.75) is 39.5 Å². The Morgan fingerprint density at radius 2 is 1.87 bits per heavy atom. The first-order chi connectivity index (χ1) is 6.95. The number of hydrogen-bond donors (Lipinski definition) is 1. The largest absolute Gasteiger partial charge is 0.319 e. The third kappa shape index (κ3) is 3.35. The Hall–Kier alpha value is -0.820. The standard InChI is InChI=1S/C14H23N/c1-11-6-7-13(14(2,3)4)10-12(11)8-9-15-5/h6-7,10,15H,8-9H2,1-5H3. The fourth-order valence-corrected chi connectivity index (χ4v) is 1.67. The van der Waals surface area contributed by atoms with Gasteiger partial charge in [0, 0.05) is 0 Å². The zero-order valence-electron chi connectivity index (χ0n) is 10.6. The summed E-state index contributed by atoms with van der Waals surface area (Å²) >= 11 is 0. The third-order valence-electron chi connectivity index (χ3n) is 2.86. The fraction of sp³-hybridized carbons (Fsp3) is 0.571. The lowest BCUT2D eigenvalue weighted by atomic mass is 9.85. The van der Waals surface area contributed by atoms with Crippen LogP contribution in [0, 0.1) is 6.92 Å². The van der Waals surface area contributed by atoms with Crippen LogP contribution >= 0.6 is 0 Å². The van der Waals surface area contributed by atoms with Crippen LogP contribution in [-0.2, 0) is 11.8 Å². The SMILES string of the molecule is CNCCc1cc(C(C)(C)C)ccc1C. The highest BCUT2D eigenvalue weighted by Crippen LogP contribution is 2.24. The molecule has 0 atom stereocenters.